The number of carbonyl (C=O) groups excluding carboxylic acids is 1. The van der Waals surface area contributed by atoms with Gasteiger partial charge in [-0.25, -0.2) is 9.18 Å². The Morgan fingerprint density at radius 1 is 1.18 bits per heavy atom. The monoisotopic (exact) mass is 420 g/mol. The molecule has 0 fully saturated rings. The number of ether oxygens (including phenoxy) is 1. The van der Waals surface area contributed by atoms with E-state index in [2.05, 4.69) is 10.6 Å². The standard InChI is InChI=1S/C21H25FN2O2S2/c1-2-26-20(25)18-16-7-5-3-4-6-8-17(16)28-19(18)24-21(27)23-13-14-9-11-15(22)12-10-14/h9-12H,2-8,13H2,1H3,(H2,23,24,27). The number of thiocarbonyl (C=S) groups is 1. The minimum Gasteiger partial charge on any atom is -0.462 e. The summed E-state index contributed by atoms with van der Waals surface area (Å²) in [6.45, 7) is 2.64. The van der Waals surface area contributed by atoms with Crippen molar-refractivity contribution in [2.75, 3.05) is 11.9 Å². The Bertz CT molecular complexity index is 834. The number of benzene rings is 1. The van der Waals surface area contributed by atoms with Crippen molar-refractivity contribution >= 4 is 39.6 Å². The number of thiophene rings is 1. The summed E-state index contributed by atoms with van der Waals surface area (Å²) < 4.78 is 18.3. The van der Waals surface area contributed by atoms with Gasteiger partial charge in [0.15, 0.2) is 5.11 Å². The van der Waals surface area contributed by atoms with E-state index >= 15 is 0 Å². The van der Waals surface area contributed by atoms with Gasteiger partial charge in [0.1, 0.15) is 10.8 Å². The molecule has 1 heterocycles. The molecule has 0 radical (unpaired) electrons. The van der Waals surface area contributed by atoms with Gasteiger partial charge in [-0.2, -0.15) is 0 Å². The summed E-state index contributed by atoms with van der Waals surface area (Å²) in [5.74, 6) is -0.552. The molecular formula is C21H25FN2O2S2. The van der Waals surface area contributed by atoms with Gasteiger partial charge < -0.3 is 15.4 Å². The smallest absolute Gasteiger partial charge is 0.341 e. The average molecular weight is 421 g/mol. The maximum Gasteiger partial charge on any atom is 0.341 e. The first-order valence-corrected chi connectivity index (χ1v) is 10.9. The predicted molar refractivity (Wildman–Crippen MR) is 116 cm³/mol. The number of carbonyl (C=O) groups is 1. The number of hydrogen-bond acceptors (Lipinski definition) is 4. The Hall–Kier alpha value is -1.99. The molecule has 1 aliphatic carbocycles. The summed E-state index contributed by atoms with van der Waals surface area (Å²) >= 11 is 7.03. The minimum atomic E-state index is -0.288. The molecule has 3 rings (SSSR count). The van der Waals surface area contributed by atoms with Gasteiger partial charge in [-0.15, -0.1) is 11.3 Å². The van der Waals surface area contributed by atoms with Crippen LogP contribution in [0.3, 0.4) is 0 Å². The average Bonchev–Trinajstić information content (AvgIpc) is 2.97. The first kappa shape index (κ1) is 20.7. The molecule has 0 spiro atoms. The third-order valence-corrected chi connectivity index (χ3v) is 6.20. The van der Waals surface area contributed by atoms with E-state index in [1.807, 2.05) is 6.92 Å². The van der Waals surface area contributed by atoms with Crippen LogP contribution in [0.1, 0.15) is 59.0 Å². The summed E-state index contributed by atoms with van der Waals surface area (Å²) in [5, 5.41) is 7.50. The summed E-state index contributed by atoms with van der Waals surface area (Å²) in [4.78, 5) is 13.9. The van der Waals surface area contributed by atoms with E-state index in [1.54, 1.807) is 23.5 Å². The van der Waals surface area contributed by atoms with Gasteiger partial charge in [0, 0.05) is 11.4 Å². The van der Waals surface area contributed by atoms with E-state index in [9.17, 15) is 9.18 Å². The number of hydrogen-bond donors (Lipinski definition) is 2. The molecule has 2 aromatic rings. The van der Waals surface area contributed by atoms with Crippen LogP contribution in [0.2, 0.25) is 0 Å². The Labute approximate surface area is 174 Å². The van der Waals surface area contributed by atoms with Crippen LogP contribution in [0.25, 0.3) is 0 Å². The van der Waals surface area contributed by atoms with Crippen molar-refractivity contribution in [2.45, 2.75) is 52.0 Å². The number of nitrogens with one attached hydrogen (secondary N) is 2. The van der Waals surface area contributed by atoms with Gasteiger partial charge in [-0.05, 0) is 68.1 Å². The third-order valence-electron chi connectivity index (χ3n) is 4.74. The van der Waals surface area contributed by atoms with Crippen molar-refractivity contribution < 1.29 is 13.9 Å². The second-order valence-electron chi connectivity index (χ2n) is 6.78. The quantitative estimate of drug-likeness (QED) is 0.514. The number of esters is 1. The largest absolute Gasteiger partial charge is 0.462 e. The highest BCUT2D eigenvalue weighted by Crippen LogP contribution is 2.37. The third kappa shape index (κ3) is 5.29. The summed E-state index contributed by atoms with van der Waals surface area (Å²) in [5.41, 5.74) is 2.68. The molecule has 0 aliphatic heterocycles. The number of anilines is 1. The Morgan fingerprint density at radius 3 is 2.61 bits per heavy atom. The van der Waals surface area contributed by atoms with Crippen molar-refractivity contribution in [2.24, 2.45) is 0 Å². The van der Waals surface area contributed by atoms with Gasteiger partial charge >= 0.3 is 5.97 Å². The summed E-state index contributed by atoms with van der Waals surface area (Å²) in [6.07, 6.45) is 6.54. The van der Waals surface area contributed by atoms with Crippen molar-refractivity contribution in [1.82, 2.24) is 5.32 Å². The first-order chi connectivity index (χ1) is 13.6. The molecule has 1 aromatic heterocycles. The molecule has 2 N–H and O–H groups in total. The van der Waals surface area contributed by atoms with Crippen molar-refractivity contribution in [1.29, 1.82) is 0 Å². The van der Waals surface area contributed by atoms with Crippen molar-refractivity contribution in [3.8, 4) is 0 Å². The van der Waals surface area contributed by atoms with E-state index in [-0.39, 0.29) is 11.8 Å². The molecule has 150 valence electrons. The van der Waals surface area contributed by atoms with Crippen LogP contribution in [0.15, 0.2) is 24.3 Å². The lowest BCUT2D eigenvalue weighted by Gasteiger charge is -2.12. The van der Waals surface area contributed by atoms with Crippen LogP contribution < -0.4 is 10.6 Å². The SMILES string of the molecule is CCOC(=O)c1c(NC(=S)NCc2ccc(F)cc2)sc2c1CCCCCC2. The Kier molecular flexibility index (Phi) is 7.39. The van der Waals surface area contributed by atoms with Crippen LogP contribution in [-0.2, 0) is 24.1 Å². The lowest BCUT2D eigenvalue weighted by Crippen LogP contribution is -2.28. The highest BCUT2D eigenvalue weighted by molar-refractivity contribution is 7.80. The fourth-order valence-electron chi connectivity index (χ4n) is 3.36. The number of aryl methyl sites for hydroxylation is 1. The molecule has 1 aromatic carbocycles. The summed E-state index contributed by atoms with van der Waals surface area (Å²) in [7, 11) is 0. The van der Waals surface area contributed by atoms with Crippen molar-refractivity contribution in [3.05, 3.63) is 51.7 Å². The zero-order valence-electron chi connectivity index (χ0n) is 16.0. The molecule has 7 heteroatoms. The molecular weight excluding hydrogens is 395 g/mol. The molecule has 0 saturated heterocycles. The fourth-order valence-corrected chi connectivity index (χ4v) is 4.88. The van der Waals surface area contributed by atoms with E-state index in [0.29, 0.717) is 23.8 Å². The van der Waals surface area contributed by atoms with E-state index in [1.165, 1.54) is 29.9 Å². The van der Waals surface area contributed by atoms with Crippen LogP contribution in [0, 0.1) is 5.82 Å². The molecule has 0 amide bonds. The van der Waals surface area contributed by atoms with Gasteiger partial charge in [-0.1, -0.05) is 25.0 Å². The lowest BCUT2D eigenvalue weighted by molar-refractivity contribution is 0.0526. The molecule has 1 aliphatic rings. The van der Waals surface area contributed by atoms with Crippen LogP contribution in [0.4, 0.5) is 9.39 Å². The second-order valence-corrected chi connectivity index (χ2v) is 8.29. The van der Waals surface area contributed by atoms with Crippen LogP contribution >= 0.6 is 23.6 Å². The van der Waals surface area contributed by atoms with Gasteiger partial charge in [0.05, 0.1) is 12.2 Å². The minimum absolute atomic E-state index is 0.264. The van der Waals surface area contributed by atoms with E-state index in [4.69, 9.17) is 17.0 Å². The maximum atomic E-state index is 13.0. The summed E-state index contributed by atoms with van der Waals surface area (Å²) in [6, 6.07) is 6.27. The maximum absolute atomic E-state index is 13.0. The zero-order valence-corrected chi connectivity index (χ0v) is 17.6. The highest BCUT2D eigenvalue weighted by atomic mass is 32.1. The van der Waals surface area contributed by atoms with Crippen LogP contribution in [0.5, 0.6) is 0 Å². The second kappa shape index (κ2) is 9.98. The highest BCUT2D eigenvalue weighted by Gasteiger charge is 2.25. The predicted octanol–water partition coefficient (Wildman–Crippen LogP) is 5.21. The Balaban J connectivity index is 1.75. The van der Waals surface area contributed by atoms with E-state index < -0.39 is 0 Å². The van der Waals surface area contributed by atoms with Gasteiger partial charge in [-0.3, -0.25) is 0 Å². The molecule has 28 heavy (non-hydrogen) atoms. The van der Waals surface area contributed by atoms with E-state index in [0.717, 1.165) is 41.8 Å². The normalized spacial score (nSPS) is 13.8. The topological polar surface area (TPSA) is 50.4 Å². The number of halogens is 1. The number of rotatable bonds is 5. The lowest BCUT2D eigenvalue weighted by atomic mass is 9.96. The fraction of sp³-hybridized carbons (Fsp3) is 0.429. The molecule has 0 atom stereocenters. The molecule has 0 unspecified atom stereocenters. The molecule has 0 saturated carbocycles. The van der Waals surface area contributed by atoms with Gasteiger partial charge in [0.2, 0.25) is 0 Å². The molecule has 4 nitrogen and oxygen atoms in total. The number of fused-ring (bicyclic) bond motifs is 1. The van der Waals surface area contributed by atoms with Crippen molar-refractivity contribution in [3.63, 3.8) is 0 Å². The molecule has 0 bridgehead atoms. The Morgan fingerprint density at radius 2 is 1.89 bits per heavy atom. The van der Waals surface area contributed by atoms with Crippen LogP contribution in [-0.4, -0.2) is 17.7 Å². The van der Waals surface area contributed by atoms with Gasteiger partial charge in [0.25, 0.3) is 0 Å². The first-order valence-electron chi connectivity index (χ1n) is 9.69. The zero-order chi connectivity index (χ0) is 19.9.